The molecule has 0 spiro atoms. The van der Waals surface area contributed by atoms with Crippen LogP contribution in [0.4, 0.5) is 10.6 Å². The van der Waals surface area contributed by atoms with Crippen LogP contribution >= 0.6 is 22.7 Å². The van der Waals surface area contributed by atoms with Gasteiger partial charge >= 0.3 is 6.09 Å². The van der Waals surface area contributed by atoms with Crippen LogP contribution in [0.3, 0.4) is 0 Å². The molecule has 0 saturated carbocycles. The Morgan fingerprint density at radius 3 is 2.10 bits per heavy atom. The summed E-state index contributed by atoms with van der Waals surface area (Å²) < 4.78 is 28.7. The third-order valence-corrected chi connectivity index (χ3v) is 16.7. The standard InChI is InChI=1S/C53H80N18O21S2/c1-18-31(68-44(71-42(18)57)23(10-29(56)75)63-11-22(55)43(58)81)48(85)70-33(39(24-12-60-17-64-24)90-52-41(37(79)35(77)27(13-72)89-52)91-51-38(80)40(92-53(59)87)36(78)28(14-73)88-51)49(86)65-20(3)34(76)19(2)45(82)69-32(21(4)74)47(84)62-9-6-30-66-26(16-93-30)50-67-25(15-94-50)46(83)61-8-5-7-54/h12,15-17,19-23,27-28,32-41,51-52,63,72-74,76-80H,5-11,13-14,54-55H2,1-4H3,(H2,56,75)(H2,58,81)(H2,59,87)(H,60,64)(H,61,83)(H,62,84)(H,65,86)(H,69,82)(H,70,85)(H2,57,68,71)/t19-,20+,21+,22-,23-,27-,28+,32-,33-,34-,35+,36+,37-,38-,39-,40-,41-,51+,52-/m0/s1. The van der Waals surface area contributed by atoms with Crippen LogP contribution < -0.4 is 66.3 Å². The number of nitrogens with zero attached hydrogens (tertiary/aromatic N) is 5. The smallest absolute Gasteiger partial charge is 0.404 e. The average Bonchev–Trinajstić information content (AvgIpc) is 0.993. The van der Waals surface area contributed by atoms with E-state index in [1.54, 1.807) is 10.8 Å². The van der Waals surface area contributed by atoms with E-state index in [1.165, 1.54) is 50.4 Å². The summed E-state index contributed by atoms with van der Waals surface area (Å²) in [6.07, 6.45) is -24.5. The van der Waals surface area contributed by atoms with Gasteiger partial charge in [0.05, 0.1) is 72.7 Å². The van der Waals surface area contributed by atoms with Gasteiger partial charge in [-0.1, -0.05) is 6.92 Å². The van der Waals surface area contributed by atoms with Crippen molar-refractivity contribution in [2.24, 2.45) is 34.6 Å². The Kier molecular flexibility index (Phi) is 27.8. The fourth-order valence-electron chi connectivity index (χ4n) is 9.54. The zero-order valence-electron chi connectivity index (χ0n) is 51.0. The largest absolute Gasteiger partial charge is 0.441 e. The van der Waals surface area contributed by atoms with Gasteiger partial charge in [0.2, 0.25) is 29.5 Å². The Morgan fingerprint density at radius 2 is 1.47 bits per heavy atom. The minimum Gasteiger partial charge on any atom is -0.441 e. The Balaban J connectivity index is 1.28. The number of aromatic amines is 1. The van der Waals surface area contributed by atoms with Crippen LogP contribution in [0.5, 0.6) is 0 Å². The zero-order chi connectivity index (χ0) is 69.4. The number of imidazole rings is 1. The molecule has 0 bridgehead atoms. The summed E-state index contributed by atoms with van der Waals surface area (Å²) in [6.45, 7) is 3.41. The number of H-pyrrole nitrogens is 1. The Hall–Kier alpha value is -7.69. The van der Waals surface area contributed by atoms with Gasteiger partial charge in [0.1, 0.15) is 94.6 Å². The molecule has 27 N–H and O–H groups in total. The molecular formula is C53H80N18O21S2. The molecule has 6 heterocycles. The molecule has 4 aromatic rings. The van der Waals surface area contributed by atoms with E-state index in [2.05, 4.69) is 61.8 Å². The second-order valence-electron chi connectivity index (χ2n) is 21.9. The molecule has 6 rings (SSSR count). The fourth-order valence-corrected chi connectivity index (χ4v) is 11.2. The highest BCUT2D eigenvalue weighted by Crippen LogP contribution is 2.35. The number of rotatable bonds is 34. The van der Waals surface area contributed by atoms with E-state index in [1.807, 2.05) is 0 Å². The van der Waals surface area contributed by atoms with Crippen LogP contribution in [-0.2, 0) is 54.1 Å². The third-order valence-electron chi connectivity index (χ3n) is 14.9. The van der Waals surface area contributed by atoms with Crippen LogP contribution in [0.2, 0.25) is 0 Å². The van der Waals surface area contributed by atoms with Gasteiger partial charge in [0.25, 0.3) is 11.8 Å². The number of ether oxygens (including phenoxy) is 5. The number of carbonyl (C=O) groups excluding carboxylic acids is 8. The van der Waals surface area contributed by atoms with E-state index in [4.69, 9.17) is 58.1 Å². The van der Waals surface area contributed by atoms with Gasteiger partial charge in [0.15, 0.2) is 18.7 Å². The SMILES string of the molecule is Cc1c(N)nc([C@H](CC(N)=O)NC[C@H](N)C(N)=O)nc1C(=O)N[C@H](C(=O)N[C@H](C)[C@@H](O)[C@H](C)C(=O)N[C@H](C(=O)NCCc1nc(-c2nc(C(=O)NCCCN)cs2)cs1)[C@@H](C)O)[C@@H](O[C@@H]1O[C@@H](CO)[C@@H](O)[C@H](O)[C@@H]1O[C@H]1O[C@H](CO)[C@@H](O)[C@H](OC(N)=O)[C@@H]1O)c1cnc[nH]1. The van der Waals surface area contributed by atoms with Crippen LogP contribution in [0.25, 0.3) is 10.7 Å². The fraction of sp³-hybridized carbons (Fsp3) is 0.604. The van der Waals surface area contributed by atoms with Gasteiger partial charge in [-0.2, -0.15) is 0 Å². The van der Waals surface area contributed by atoms with Crippen molar-refractivity contribution in [1.29, 1.82) is 0 Å². The van der Waals surface area contributed by atoms with Crippen molar-refractivity contribution in [2.45, 2.75) is 157 Å². The lowest BCUT2D eigenvalue weighted by atomic mass is 9.96. The molecule has 2 fully saturated rings. The van der Waals surface area contributed by atoms with E-state index >= 15 is 4.79 Å². The van der Waals surface area contributed by atoms with Crippen molar-refractivity contribution in [3.8, 4) is 10.7 Å². The summed E-state index contributed by atoms with van der Waals surface area (Å²) in [6, 6.07) is -7.86. The summed E-state index contributed by atoms with van der Waals surface area (Å²) in [5, 5.41) is 108. The van der Waals surface area contributed by atoms with Crippen molar-refractivity contribution in [2.75, 3.05) is 45.1 Å². The van der Waals surface area contributed by atoms with Gasteiger partial charge in [0, 0.05) is 48.8 Å². The molecule has 2 aliphatic heterocycles. The van der Waals surface area contributed by atoms with Crippen molar-refractivity contribution < 1.29 is 103 Å². The number of thiazole rings is 2. The Morgan fingerprint density at radius 1 is 0.777 bits per heavy atom. The number of primary amides is 3. The van der Waals surface area contributed by atoms with Crippen molar-refractivity contribution >= 4 is 75.9 Å². The number of aliphatic hydroxyl groups excluding tert-OH is 8. The molecule has 0 radical (unpaired) electrons. The molecule has 39 nitrogen and oxygen atoms in total. The molecule has 19 atom stereocenters. The van der Waals surface area contributed by atoms with Gasteiger partial charge < -0.3 is 136 Å². The lowest BCUT2D eigenvalue weighted by molar-refractivity contribution is -0.372. The van der Waals surface area contributed by atoms with E-state index < -0.39 is 183 Å². The van der Waals surface area contributed by atoms with Crippen molar-refractivity contribution in [3.05, 3.63) is 56.8 Å². The normalized spacial score (nSPS) is 24.2. The maximum absolute atomic E-state index is 15.2. The first-order valence-corrected chi connectivity index (χ1v) is 30.9. The summed E-state index contributed by atoms with van der Waals surface area (Å²) in [7, 11) is 0. The molecule has 94 heavy (non-hydrogen) atoms. The van der Waals surface area contributed by atoms with Crippen molar-refractivity contribution in [1.82, 2.24) is 61.8 Å². The van der Waals surface area contributed by atoms with E-state index in [-0.39, 0.29) is 54.0 Å². The molecule has 520 valence electrons. The minimum absolute atomic E-state index is 0.0147. The minimum atomic E-state index is -2.20. The molecule has 8 amide bonds. The number of hydrogen-bond acceptors (Lipinski definition) is 32. The maximum Gasteiger partial charge on any atom is 0.404 e. The Bertz CT molecular complexity index is 3220. The molecule has 2 saturated heterocycles. The quantitative estimate of drug-likeness (QED) is 0.0193. The Labute approximate surface area is 542 Å². The first-order chi connectivity index (χ1) is 44.5. The zero-order valence-corrected chi connectivity index (χ0v) is 52.7. The van der Waals surface area contributed by atoms with E-state index in [0.717, 1.165) is 12.5 Å². The number of aliphatic hydroxyl groups is 8. The first kappa shape index (κ1) is 75.3. The summed E-state index contributed by atoms with van der Waals surface area (Å²) >= 11 is 2.48. The molecule has 2 aliphatic rings. The number of nitrogen functional groups attached to an aromatic ring is 1. The highest BCUT2D eigenvalue weighted by molar-refractivity contribution is 7.14. The highest BCUT2D eigenvalue weighted by Gasteiger charge is 2.54. The second kappa shape index (κ2) is 34.6. The van der Waals surface area contributed by atoms with Gasteiger partial charge in [-0.3, -0.25) is 33.6 Å². The monoisotopic (exact) mass is 1370 g/mol. The molecule has 0 unspecified atom stereocenters. The van der Waals surface area contributed by atoms with E-state index in [9.17, 15) is 74.4 Å². The van der Waals surface area contributed by atoms with Crippen molar-refractivity contribution in [3.63, 3.8) is 0 Å². The van der Waals surface area contributed by atoms with Crippen LogP contribution in [-0.4, -0.2) is 255 Å². The molecule has 0 aliphatic carbocycles. The number of amides is 8. The van der Waals surface area contributed by atoms with Crippen LogP contribution in [0.15, 0.2) is 23.3 Å². The maximum atomic E-state index is 15.2. The predicted octanol–water partition coefficient (Wildman–Crippen LogP) is -8.62. The van der Waals surface area contributed by atoms with Crippen LogP contribution in [0.1, 0.15) is 88.8 Å². The van der Waals surface area contributed by atoms with Gasteiger partial charge in [-0.05, 0) is 33.7 Å². The van der Waals surface area contributed by atoms with Gasteiger partial charge in [-0.25, -0.2) is 29.7 Å². The average molecular weight is 1370 g/mol. The van der Waals surface area contributed by atoms with Crippen LogP contribution in [0, 0.1) is 12.8 Å². The summed E-state index contributed by atoms with van der Waals surface area (Å²) in [5.41, 5.74) is 33.5. The number of nitrogens with one attached hydrogen (secondary N) is 7. The number of anilines is 1. The summed E-state index contributed by atoms with van der Waals surface area (Å²) in [4.78, 5) is 130. The summed E-state index contributed by atoms with van der Waals surface area (Å²) in [5.74, 6) is -8.78. The first-order valence-electron chi connectivity index (χ1n) is 29.1. The van der Waals surface area contributed by atoms with E-state index in [0.29, 0.717) is 35.2 Å². The molecule has 41 heteroatoms. The lowest BCUT2D eigenvalue weighted by Gasteiger charge is -2.47. The third kappa shape index (κ3) is 19.5. The molecule has 0 aromatic carbocycles. The number of aromatic nitrogens is 6. The second-order valence-corrected chi connectivity index (χ2v) is 23.7. The number of nitrogens with two attached hydrogens (primary N) is 6. The molecular weight excluding hydrogens is 1290 g/mol. The predicted molar refractivity (Wildman–Crippen MR) is 324 cm³/mol. The number of hydrogen-bond donors (Lipinski definition) is 21. The molecule has 4 aromatic heterocycles. The van der Waals surface area contributed by atoms with Gasteiger partial charge in [-0.15, -0.1) is 22.7 Å². The lowest BCUT2D eigenvalue weighted by Crippen LogP contribution is -2.65. The number of carbonyl (C=O) groups is 8. The highest BCUT2D eigenvalue weighted by atomic mass is 32.1. The topological polar surface area (TPSA) is 653 Å².